The number of nitrogens with two attached hydrogens (primary N) is 1. The average Bonchev–Trinajstić information content (AvgIpc) is 3.17. The Labute approximate surface area is 132 Å². The topological polar surface area (TPSA) is 85.1 Å². The van der Waals surface area contributed by atoms with Crippen LogP contribution in [-0.4, -0.2) is 19.4 Å². The SMILES string of the molecule is NS(=O)(=O)c1cnc(NC(C2CCC2)C2CC2)c(C(F)(F)F)c1. The lowest BCUT2D eigenvalue weighted by molar-refractivity contribution is -0.137. The molecule has 0 bridgehead atoms. The van der Waals surface area contributed by atoms with E-state index in [4.69, 9.17) is 5.14 Å². The first kappa shape index (κ1) is 16.5. The summed E-state index contributed by atoms with van der Waals surface area (Å²) < 4.78 is 62.4. The zero-order valence-corrected chi connectivity index (χ0v) is 13.1. The van der Waals surface area contributed by atoms with Crippen molar-refractivity contribution in [2.75, 3.05) is 5.32 Å². The molecule has 5 nitrogen and oxygen atoms in total. The number of hydrogen-bond acceptors (Lipinski definition) is 4. The van der Waals surface area contributed by atoms with Crippen LogP contribution in [0.5, 0.6) is 0 Å². The van der Waals surface area contributed by atoms with Crippen molar-refractivity contribution in [3.05, 3.63) is 17.8 Å². The smallest absolute Gasteiger partial charge is 0.366 e. The molecule has 9 heteroatoms. The maximum absolute atomic E-state index is 13.3. The van der Waals surface area contributed by atoms with Crippen LogP contribution >= 0.6 is 0 Å². The molecule has 2 aliphatic rings. The molecule has 2 aliphatic carbocycles. The van der Waals surface area contributed by atoms with Crippen molar-refractivity contribution in [3.63, 3.8) is 0 Å². The van der Waals surface area contributed by atoms with Gasteiger partial charge in [-0.05, 0) is 43.6 Å². The zero-order chi connectivity index (χ0) is 16.8. The second-order valence-corrected chi connectivity index (χ2v) is 7.87. The number of hydrogen-bond donors (Lipinski definition) is 2. The van der Waals surface area contributed by atoms with Gasteiger partial charge in [0.05, 0.1) is 5.56 Å². The summed E-state index contributed by atoms with van der Waals surface area (Å²) in [5.41, 5.74) is -1.09. The molecule has 1 aromatic rings. The van der Waals surface area contributed by atoms with E-state index in [-0.39, 0.29) is 11.9 Å². The van der Waals surface area contributed by atoms with Crippen LogP contribution in [0.4, 0.5) is 19.0 Å². The number of nitrogens with one attached hydrogen (secondary N) is 1. The van der Waals surface area contributed by atoms with Gasteiger partial charge in [0.25, 0.3) is 0 Å². The molecule has 0 spiro atoms. The first-order valence-electron chi connectivity index (χ1n) is 7.53. The lowest BCUT2D eigenvalue weighted by atomic mass is 9.78. The molecule has 1 unspecified atom stereocenters. The van der Waals surface area contributed by atoms with E-state index in [1.54, 1.807) is 0 Å². The molecular weight excluding hydrogens is 331 g/mol. The average molecular weight is 349 g/mol. The largest absolute Gasteiger partial charge is 0.419 e. The summed E-state index contributed by atoms with van der Waals surface area (Å²) in [4.78, 5) is 3.08. The fourth-order valence-corrected chi connectivity index (χ4v) is 3.45. The Hall–Kier alpha value is -1.35. The molecule has 0 radical (unpaired) electrons. The van der Waals surface area contributed by atoms with Crippen LogP contribution < -0.4 is 10.5 Å². The van der Waals surface area contributed by atoms with E-state index in [1.165, 1.54) is 0 Å². The van der Waals surface area contributed by atoms with Gasteiger partial charge in [-0.15, -0.1) is 0 Å². The van der Waals surface area contributed by atoms with Crippen molar-refractivity contribution in [1.29, 1.82) is 0 Å². The number of halogens is 3. The molecule has 0 aromatic carbocycles. The van der Waals surface area contributed by atoms with Gasteiger partial charge in [-0.25, -0.2) is 18.5 Å². The number of sulfonamides is 1. The fraction of sp³-hybridized carbons (Fsp3) is 0.643. The molecule has 2 fully saturated rings. The van der Waals surface area contributed by atoms with Gasteiger partial charge in [0.2, 0.25) is 10.0 Å². The first-order chi connectivity index (χ1) is 10.7. The molecule has 3 N–H and O–H groups in total. The number of nitrogens with zero attached hydrogens (tertiary/aromatic N) is 1. The van der Waals surface area contributed by atoms with E-state index in [1.807, 2.05) is 0 Å². The normalized spacial score (nSPS) is 20.9. The van der Waals surface area contributed by atoms with Crippen LogP contribution in [0, 0.1) is 11.8 Å². The minimum atomic E-state index is -4.70. The fourth-order valence-electron chi connectivity index (χ4n) is 2.97. The molecule has 1 aromatic heterocycles. The minimum Gasteiger partial charge on any atom is -0.366 e. The molecule has 0 aliphatic heterocycles. The quantitative estimate of drug-likeness (QED) is 0.856. The molecule has 2 saturated carbocycles. The van der Waals surface area contributed by atoms with E-state index < -0.39 is 26.7 Å². The summed E-state index contributed by atoms with van der Waals surface area (Å²) in [6.07, 6.45) is 1.28. The molecule has 3 rings (SSSR count). The Balaban J connectivity index is 1.94. The summed E-state index contributed by atoms with van der Waals surface area (Å²) in [5.74, 6) is 0.429. The van der Waals surface area contributed by atoms with Gasteiger partial charge in [0, 0.05) is 12.2 Å². The van der Waals surface area contributed by atoms with E-state index in [0.29, 0.717) is 17.9 Å². The Morgan fingerprint density at radius 1 is 1.22 bits per heavy atom. The van der Waals surface area contributed by atoms with E-state index in [2.05, 4.69) is 10.3 Å². The zero-order valence-electron chi connectivity index (χ0n) is 12.3. The third kappa shape index (κ3) is 3.60. The van der Waals surface area contributed by atoms with Crippen LogP contribution in [0.15, 0.2) is 17.2 Å². The van der Waals surface area contributed by atoms with Crippen molar-refractivity contribution < 1.29 is 21.6 Å². The molecule has 0 amide bonds. The monoisotopic (exact) mass is 349 g/mol. The van der Waals surface area contributed by atoms with Crippen molar-refractivity contribution in [1.82, 2.24) is 4.98 Å². The van der Waals surface area contributed by atoms with Gasteiger partial charge < -0.3 is 5.32 Å². The van der Waals surface area contributed by atoms with Crippen molar-refractivity contribution in [2.45, 2.75) is 49.2 Å². The van der Waals surface area contributed by atoms with Crippen LogP contribution in [0.25, 0.3) is 0 Å². The second kappa shape index (κ2) is 5.62. The Morgan fingerprint density at radius 2 is 1.83 bits per heavy atom. The highest BCUT2D eigenvalue weighted by Crippen LogP contribution is 2.45. The highest BCUT2D eigenvalue weighted by molar-refractivity contribution is 7.89. The predicted octanol–water partition coefficient (Wildman–Crippen LogP) is 2.74. The number of rotatable bonds is 5. The second-order valence-electron chi connectivity index (χ2n) is 6.31. The third-order valence-electron chi connectivity index (χ3n) is 4.59. The standard InChI is InChI=1S/C14H18F3N3O2S/c15-14(16,17)11-6-10(23(18,21)22)7-19-13(11)20-12(9-4-5-9)8-2-1-3-8/h6-9,12H,1-5H2,(H,19,20)(H2,18,21,22). The Kier molecular flexibility index (Phi) is 4.04. The third-order valence-corrected chi connectivity index (χ3v) is 5.47. The van der Waals surface area contributed by atoms with Crippen molar-refractivity contribution in [3.8, 4) is 0 Å². The molecule has 128 valence electrons. The lowest BCUT2D eigenvalue weighted by Gasteiger charge is -2.35. The Morgan fingerprint density at radius 3 is 2.26 bits per heavy atom. The first-order valence-corrected chi connectivity index (χ1v) is 9.07. The maximum Gasteiger partial charge on any atom is 0.419 e. The van der Waals surface area contributed by atoms with Gasteiger partial charge in [-0.1, -0.05) is 6.42 Å². The van der Waals surface area contributed by atoms with Crippen molar-refractivity contribution >= 4 is 15.8 Å². The van der Waals surface area contributed by atoms with Crippen LogP contribution in [-0.2, 0) is 16.2 Å². The summed E-state index contributed by atoms with van der Waals surface area (Å²) in [6.45, 7) is 0. The van der Waals surface area contributed by atoms with Crippen LogP contribution in [0.3, 0.4) is 0 Å². The number of anilines is 1. The number of alkyl halides is 3. The van der Waals surface area contributed by atoms with Gasteiger partial charge in [0.1, 0.15) is 10.7 Å². The van der Waals surface area contributed by atoms with Crippen LogP contribution in [0.2, 0.25) is 0 Å². The van der Waals surface area contributed by atoms with Gasteiger partial charge in [-0.2, -0.15) is 13.2 Å². The number of pyridine rings is 1. The van der Waals surface area contributed by atoms with E-state index in [9.17, 15) is 21.6 Å². The highest BCUT2D eigenvalue weighted by atomic mass is 32.2. The predicted molar refractivity (Wildman–Crippen MR) is 78.1 cm³/mol. The van der Waals surface area contributed by atoms with Gasteiger partial charge in [0.15, 0.2) is 0 Å². The summed E-state index contributed by atoms with van der Waals surface area (Å²) in [5, 5.41) is 7.83. The molecule has 1 atom stereocenters. The number of aromatic nitrogens is 1. The minimum absolute atomic E-state index is 0.0299. The van der Waals surface area contributed by atoms with E-state index in [0.717, 1.165) is 38.3 Å². The van der Waals surface area contributed by atoms with E-state index >= 15 is 0 Å². The molecule has 1 heterocycles. The van der Waals surface area contributed by atoms with Crippen molar-refractivity contribution in [2.24, 2.45) is 17.0 Å². The molecule has 0 saturated heterocycles. The van der Waals surface area contributed by atoms with Gasteiger partial charge in [-0.3, -0.25) is 0 Å². The molecule has 23 heavy (non-hydrogen) atoms. The summed E-state index contributed by atoms with van der Waals surface area (Å²) >= 11 is 0. The maximum atomic E-state index is 13.3. The summed E-state index contributed by atoms with van der Waals surface area (Å²) in [7, 11) is -4.23. The molecular formula is C14H18F3N3O2S. The van der Waals surface area contributed by atoms with Gasteiger partial charge >= 0.3 is 6.18 Å². The Bertz CT molecular complexity index is 698. The van der Waals surface area contributed by atoms with Crippen LogP contribution in [0.1, 0.15) is 37.7 Å². The lowest BCUT2D eigenvalue weighted by Crippen LogP contribution is -2.36. The number of primary sulfonamides is 1. The highest BCUT2D eigenvalue weighted by Gasteiger charge is 2.41. The summed E-state index contributed by atoms with van der Waals surface area (Å²) in [6, 6.07) is 0.521.